The van der Waals surface area contributed by atoms with Crippen LogP contribution < -0.4 is 10.6 Å². The van der Waals surface area contributed by atoms with E-state index in [9.17, 15) is 14.0 Å². The Balaban J connectivity index is 1.58. The van der Waals surface area contributed by atoms with Gasteiger partial charge in [0.2, 0.25) is 11.8 Å². The van der Waals surface area contributed by atoms with Crippen molar-refractivity contribution in [1.29, 1.82) is 0 Å². The van der Waals surface area contributed by atoms with Crippen LogP contribution in [0.2, 0.25) is 0 Å². The second kappa shape index (κ2) is 8.35. The molecule has 2 N–H and O–H groups in total. The molecular weight excluding hydrogens is 349 g/mol. The normalized spacial score (nSPS) is 16.7. The molecule has 0 aliphatic carbocycles. The van der Waals surface area contributed by atoms with Crippen LogP contribution in [0.3, 0.4) is 0 Å². The van der Waals surface area contributed by atoms with E-state index in [4.69, 9.17) is 4.42 Å². The van der Waals surface area contributed by atoms with Crippen molar-refractivity contribution in [2.24, 2.45) is 0 Å². The molecule has 1 saturated heterocycles. The van der Waals surface area contributed by atoms with Crippen molar-refractivity contribution in [3.8, 4) is 0 Å². The van der Waals surface area contributed by atoms with Crippen LogP contribution in [-0.2, 0) is 21.7 Å². The predicted octanol–water partition coefficient (Wildman–Crippen LogP) is 2.16. The topological polar surface area (TPSA) is 74.6 Å². The SMILES string of the molecule is CC(=O)NC1(c2ccc(F)cc2)CCN(CC(=O)NCc2ccco2)CC1. The number of carbonyl (C=O) groups is 2. The zero-order valence-electron chi connectivity index (χ0n) is 15.3. The van der Waals surface area contributed by atoms with Gasteiger partial charge in [0.25, 0.3) is 0 Å². The van der Waals surface area contributed by atoms with Gasteiger partial charge in [0.1, 0.15) is 11.6 Å². The highest BCUT2D eigenvalue weighted by Crippen LogP contribution is 2.33. The molecule has 6 nitrogen and oxygen atoms in total. The third-order valence-corrected chi connectivity index (χ3v) is 4.93. The van der Waals surface area contributed by atoms with Crippen molar-refractivity contribution in [1.82, 2.24) is 15.5 Å². The van der Waals surface area contributed by atoms with E-state index < -0.39 is 5.54 Å². The highest BCUT2D eigenvalue weighted by Gasteiger charge is 2.37. The molecule has 1 aromatic carbocycles. The third-order valence-electron chi connectivity index (χ3n) is 4.93. The van der Waals surface area contributed by atoms with Crippen molar-refractivity contribution in [3.63, 3.8) is 0 Å². The van der Waals surface area contributed by atoms with Crippen LogP contribution in [0.15, 0.2) is 47.1 Å². The van der Waals surface area contributed by atoms with Gasteiger partial charge in [0.15, 0.2) is 0 Å². The Morgan fingerprint density at radius 1 is 1.19 bits per heavy atom. The molecule has 144 valence electrons. The number of halogens is 1. The molecule has 3 rings (SSSR count). The van der Waals surface area contributed by atoms with Crippen LogP contribution in [0.1, 0.15) is 31.1 Å². The average Bonchev–Trinajstić information content (AvgIpc) is 3.15. The molecule has 0 radical (unpaired) electrons. The van der Waals surface area contributed by atoms with Crippen molar-refractivity contribution in [3.05, 3.63) is 59.8 Å². The van der Waals surface area contributed by atoms with Gasteiger partial charge in [-0.3, -0.25) is 14.5 Å². The molecule has 0 spiro atoms. The number of nitrogens with one attached hydrogen (secondary N) is 2. The maximum Gasteiger partial charge on any atom is 0.234 e. The molecule has 2 heterocycles. The van der Waals surface area contributed by atoms with E-state index in [1.807, 2.05) is 6.07 Å². The molecule has 0 unspecified atom stereocenters. The van der Waals surface area contributed by atoms with Gasteiger partial charge in [-0.05, 0) is 42.7 Å². The first-order valence-corrected chi connectivity index (χ1v) is 9.03. The van der Waals surface area contributed by atoms with E-state index in [-0.39, 0.29) is 17.6 Å². The van der Waals surface area contributed by atoms with Crippen molar-refractivity contribution >= 4 is 11.8 Å². The first-order valence-electron chi connectivity index (χ1n) is 9.03. The zero-order chi connectivity index (χ0) is 19.3. The molecule has 27 heavy (non-hydrogen) atoms. The highest BCUT2D eigenvalue weighted by atomic mass is 19.1. The molecule has 2 aromatic rings. The summed E-state index contributed by atoms with van der Waals surface area (Å²) in [5, 5.41) is 5.89. The van der Waals surface area contributed by atoms with Gasteiger partial charge in [0.05, 0.1) is 24.9 Å². The standard InChI is InChI=1S/C20H24FN3O3/c1-15(25)23-20(16-4-6-17(21)7-5-16)8-10-24(11-9-20)14-19(26)22-13-18-3-2-12-27-18/h2-7,12H,8-11,13-14H2,1H3,(H,22,26)(H,23,25). The first kappa shape index (κ1) is 19.1. The maximum absolute atomic E-state index is 13.3. The summed E-state index contributed by atoms with van der Waals surface area (Å²) in [5.41, 5.74) is 0.363. The number of hydrogen-bond donors (Lipinski definition) is 2. The minimum Gasteiger partial charge on any atom is -0.467 e. The van der Waals surface area contributed by atoms with E-state index in [2.05, 4.69) is 15.5 Å². The fraction of sp³-hybridized carbons (Fsp3) is 0.400. The molecule has 7 heteroatoms. The predicted molar refractivity (Wildman–Crippen MR) is 98.1 cm³/mol. The van der Waals surface area contributed by atoms with Crippen molar-refractivity contribution in [2.75, 3.05) is 19.6 Å². The Bertz CT molecular complexity index is 766. The van der Waals surface area contributed by atoms with Crippen LogP contribution in [0, 0.1) is 5.82 Å². The molecule has 1 aromatic heterocycles. The van der Waals surface area contributed by atoms with Gasteiger partial charge in [-0.25, -0.2) is 4.39 Å². The van der Waals surface area contributed by atoms with Gasteiger partial charge in [0, 0.05) is 20.0 Å². The number of benzene rings is 1. The smallest absolute Gasteiger partial charge is 0.234 e. The van der Waals surface area contributed by atoms with Crippen LogP contribution >= 0.6 is 0 Å². The number of carbonyl (C=O) groups excluding carboxylic acids is 2. The van der Waals surface area contributed by atoms with Crippen LogP contribution in [-0.4, -0.2) is 36.3 Å². The summed E-state index contributed by atoms with van der Waals surface area (Å²) in [7, 11) is 0. The van der Waals surface area contributed by atoms with Gasteiger partial charge < -0.3 is 15.1 Å². The van der Waals surface area contributed by atoms with E-state index in [1.54, 1.807) is 24.5 Å². The summed E-state index contributed by atoms with van der Waals surface area (Å²) in [6.07, 6.45) is 2.89. The lowest BCUT2D eigenvalue weighted by Gasteiger charge is -2.42. The Kier molecular flexibility index (Phi) is 5.91. The van der Waals surface area contributed by atoms with E-state index in [0.717, 1.165) is 5.56 Å². The molecule has 1 aliphatic heterocycles. The molecule has 0 bridgehead atoms. The largest absolute Gasteiger partial charge is 0.467 e. The fourth-order valence-electron chi connectivity index (χ4n) is 3.54. The van der Waals surface area contributed by atoms with Crippen LogP contribution in [0.4, 0.5) is 4.39 Å². The quantitative estimate of drug-likeness (QED) is 0.814. The summed E-state index contributed by atoms with van der Waals surface area (Å²) in [6.45, 7) is 3.46. The third kappa shape index (κ3) is 4.95. The van der Waals surface area contributed by atoms with E-state index in [0.29, 0.717) is 44.8 Å². The second-order valence-electron chi connectivity index (χ2n) is 6.90. The van der Waals surface area contributed by atoms with Gasteiger partial charge in [-0.15, -0.1) is 0 Å². The number of hydrogen-bond acceptors (Lipinski definition) is 4. The molecule has 0 saturated carbocycles. The number of piperidine rings is 1. The van der Waals surface area contributed by atoms with Crippen molar-refractivity contribution in [2.45, 2.75) is 31.8 Å². The number of likely N-dealkylation sites (tertiary alicyclic amines) is 1. The van der Waals surface area contributed by atoms with E-state index in [1.165, 1.54) is 19.1 Å². The number of rotatable bonds is 6. The number of furan rings is 1. The summed E-state index contributed by atoms with van der Waals surface area (Å²) in [4.78, 5) is 25.9. The second-order valence-corrected chi connectivity index (χ2v) is 6.90. The molecule has 0 atom stereocenters. The Hall–Kier alpha value is -2.67. The Labute approximate surface area is 157 Å². The van der Waals surface area contributed by atoms with Gasteiger partial charge in [-0.1, -0.05) is 12.1 Å². The molecular formula is C20H24FN3O3. The van der Waals surface area contributed by atoms with E-state index >= 15 is 0 Å². The Morgan fingerprint density at radius 2 is 1.89 bits per heavy atom. The molecule has 1 aliphatic rings. The molecule has 1 fully saturated rings. The van der Waals surface area contributed by atoms with Gasteiger partial charge >= 0.3 is 0 Å². The highest BCUT2D eigenvalue weighted by molar-refractivity contribution is 5.78. The summed E-state index contributed by atoms with van der Waals surface area (Å²) in [5.74, 6) is 0.217. The van der Waals surface area contributed by atoms with Gasteiger partial charge in [-0.2, -0.15) is 0 Å². The average molecular weight is 373 g/mol. The number of nitrogens with zero attached hydrogens (tertiary/aromatic N) is 1. The lowest BCUT2D eigenvalue weighted by Crippen LogP contribution is -2.53. The maximum atomic E-state index is 13.3. The summed E-state index contributed by atoms with van der Waals surface area (Å²) < 4.78 is 18.5. The van der Waals surface area contributed by atoms with Crippen LogP contribution in [0.25, 0.3) is 0 Å². The first-order chi connectivity index (χ1) is 13.0. The fourth-order valence-corrected chi connectivity index (χ4v) is 3.54. The minimum absolute atomic E-state index is 0.0693. The minimum atomic E-state index is -0.527. The number of amides is 2. The zero-order valence-corrected chi connectivity index (χ0v) is 15.3. The summed E-state index contributed by atoms with van der Waals surface area (Å²) >= 11 is 0. The lowest BCUT2D eigenvalue weighted by molar-refractivity contribution is -0.124. The lowest BCUT2D eigenvalue weighted by atomic mass is 9.80. The Morgan fingerprint density at radius 3 is 2.48 bits per heavy atom. The monoisotopic (exact) mass is 373 g/mol. The van der Waals surface area contributed by atoms with Crippen LogP contribution in [0.5, 0.6) is 0 Å². The van der Waals surface area contributed by atoms with Crippen molar-refractivity contribution < 1.29 is 18.4 Å². The summed E-state index contributed by atoms with van der Waals surface area (Å²) in [6, 6.07) is 9.85. The molecule has 2 amide bonds.